The Morgan fingerprint density at radius 2 is 1.90 bits per heavy atom. The minimum atomic E-state index is -3.88. The number of anilines is 1. The highest BCUT2D eigenvalue weighted by atomic mass is 35.5. The van der Waals surface area contributed by atoms with Crippen molar-refractivity contribution >= 4 is 27.3 Å². The molecule has 0 spiro atoms. The molecule has 0 aromatic heterocycles. The fourth-order valence-corrected chi connectivity index (χ4v) is 3.13. The van der Waals surface area contributed by atoms with Gasteiger partial charge in [0.25, 0.3) is 10.0 Å². The molecule has 21 heavy (non-hydrogen) atoms. The second kappa shape index (κ2) is 5.91. The maximum absolute atomic E-state index is 13.6. The average molecular weight is 330 g/mol. The minimum absolute atomic E-state index is 0.0170. The molecule has 0 atom stereocenters. The van der Waals surface area contributed by atoms with Gasteiger partial charge >= 0.3 is 0 Å². The van der Waals surface area contributed by atoms with E-state index in [0.717, 1.165) is 6.07 Å². The van der Waals surface area contributed by atoms with Crippen LogP contribution in [-0.2, 0) is 10.0 Å². The van der Waals surface area contributed by atoms with Gasteiger partial charge in [0, 0.05) is 5.02 Å². The van der Waals surface area contributed by atoms with Gasteiger partial charge in [-0.1, -0.05) is 11.6 Å². The number of methoxy groups -OCH3 is 1. The first-order valence-corrected chi connectivity index (χ1v) is 7.82. The topological polar surface area (TPSA) is 55.4 Å². The van der Waals surface area contributed by atoms with E-state index in [0.29, 0.717) is 16.3 Å². The molecule has 4 nitrogen and oxygen atoms in total. The molecule has 0 fully saturated rings. The summed E-state index contributed by atoms with van der Waals surface area (Å²) in [6, 6.07) is 8.20. The summed E-state index contributed by atoms with van der Waals surface area (Å²) in [5.41, 5.74) is 1.05. The molecule has 2 aromatic rings. The highest BCUT2D eigenvalue weighted by Crippen LogP contribution is 2.25. The van der Waals surface area contributed by atoms with Gasteiger partial charge in [-0.3, -0.25) is 4.72 Å². The average Bonchev–Trinajstić information content (AvgIpc) is 2.42. The van der Waals surface area contributed by atoms with Gasteiger partial charge in [-0.2, -0.15) is 0 Å². The van der Waals surface area contributed by atoms with Crippen LogP contribution in [0.1, 0.15) is 5.56 Å². The largest absolute Gasteiger partial charge is 0.494 e. The van der Waals surface area contributed by atoms with Gasteiger partial charge in [0.2, 0.25) is 0 Å². The van der Waals surface area contributed by atoms with Crippen LogP contribution in [0.2, 0.25) is 5.02 Å². The van der Waals surface area contributed by atoms with Crippen LogP contribution in [0.4, 0.5) is 10.1 Å². The predicted molar refractivity (Wildman–Crippen MR) is 79.9 cm³/mol. The van der Waals surface area contributed by atoms with Crippen molar-refractivity contribution in [1.29, 1.82) is 0 Å². The van der Waals surface area contributed by atoms with Crippen molar-refractivity contribution in [1.82, 2.24) is 0 Å². The summed E-state index contributed by atoms with van der Waals surface area (Å²) in [6.45, 7) is 1.72. The summed E-state index contributed by atoms with van der Waals surface area (Å²) in [7, 11) is -2.58. The molecule has 0 bridgehead atoms. The molecule has 0 aliphatic carbocycles. The van der Waals surface area contributed by atoms with Crippen LogP contribution in [0.5, 0.6) is 5.75 Å². The minimum Gasteiger partial charge on any atom is -0.494 e. The SMILES string of the molecule is COc1ccc(S(=O)(=O)Nc2ccc(Cl)cc2C)cc1F. The van der Waals surface area contributed by atoms with Crippen molar-refractivity contribution in [3.8, 4) is 5.75 Å². The van der Waals surface area contributed by atoms with Crippen LogP contribution in [0, 0.1) is 12.7 Å². The number of aryl methyl sites for hydroxylation is 1. The first-order valence-electron chi connectivity index (χ1n) is 5.96. The van der Waals surface area contributed by atoms with E-state index in [9.17, 15) is 12.8 Å². The van der Waals surface area contributed by atoms with E-state index in [2.05, 4.69) is 4.72 Å². The zero-order valence-corrected chi connectivity index (χ0v) is 12.9. The Morgan fingerprint density at radius 1 is 1.19 bits per heavy atom. The van der Waals surface area contributed by atoms with Crippen LogP contribution in [0.3, 0.4) is 0 Å². The molecule has 0 amide bonds. The zero-order chi connectivity index (χ0) is 15.6. The van der Waals surface area contributed by atoms with Gasteiger partial charge in [-0.05, 0) is 48.9 Å². The molecule has 112 valence electrons. The van der Waals surface area contributed by atoms with Gasteiger partial charge in [-0.25, -0.2) is 12.8 Å². The Morgan fingerprint density at radius 3 is 2.48 bits per heavy atom. The second-order valence-electron chi connectivity index (χ2n) is 4.36. The van der Waals surface area contributed by atoms with Gasteiger partial charge in [0.1, 0.15) is 0 Å². The molecule has 2 rings (SSSR count). The first kappa shape index (κ1) is 15.6. The van der Waals surface area contributed by atoms with E-state index in [1.807, 2.05) is 0 Å². The molecule has 0 aliphatic rings. The second-order valence-corrected chi connectivity index (χ2v) is 6.48. The van der Waals surface area contributed by atoms with Crippen molar-refractivity contribution < 1.29 is 17.5 Å². The number of halogens is 2. The predicted octanol–water partition coefficient (Wildman–Crippen LogP) is 3.60. The summed E-state index contributed by atoms with van der Waals surface area (Å²) >= 11 is 5.82. The first-order chi connectivity index (χ1) is 9.83. The molecule has 0 saturated carbocycles. The standard InChI is InChI=1S/C14H13ClFNO3S/c1-9-7-10(15)3-5-13(9)17-21(18,19)11-4-6-14(20-2)12(16)8-11/h3-8,17H,1-2H3. The van der Waals surface area contributed by atoms with Crippen molar-refractivity contribution in [2.45, 2.75) is 11.8 Å². The van der Waals surface area contributed by atoms with Crippen molar-refractivity contribution in [2.24, 2.45) is 0 Å². The number of hydrogen-bond acceptors (Lipinski definition) is 3. The quantitative estimate of drug-likeness (QED) is 0.932. The molecular formula is C14H13ClFNO3S. The normalized spacial score (nSPS) is 11.2. The number of hydrogen-bond donors (Lipinski definition) is 1. The van der Waals surface area contributed by atoms with E-state index in [-0.39, 0.29) is 10.6 Å². The number of ether oxygens (including phenoxy) is 1. The van der Waals surface area contributed by atoms with Crippen molar-refractivity contribution in [2.75, 3.05) is 11.8 Å². The molecule has 0 radical (unpaired) electrons. The van der Waals surface area contributed by atoms with E-state index >= 15 is 0 Å². The van der Waals surface area contributed by atoms with E-state index < -0.39 is 15.8 Å². The third-order valence-electron chi connectivity index (χ3n) is 2.87. The Bertz CT molecular complexity index is 778. The number of rotatable bonds is 4. The maximum atomic E-state index is 13.6. The Hall–Kier alpha value is -1.79. The van der Waals surface area contributed by atoms with Crippen LogP contribution in [0.15, 0.2) is 41.3 Å². The maximum Gasteiger partial charge on any atom is 0.262 e. The number of benzene rings is 2. The van der Waals surface area contributed by atoms with Crippen LogP contribution >= 0.6 is 11.6 Å². The van der Waals surface area contributed by atoms with Crippen LogP contribution in [-0.4, -0.2) is 15.5 Å². The molecule has 1 N–H and O–H groups in total. The lowest BCUT2D eigenvalue weighted by molar-refractivity contribution is 0.385. The summed E-state index contributed by atoms with van der Waals surface area (Å²) < 4.78 is 45.3. The Balaban J connectivity index is 2.36. The van der Waals surface area contributed by atoms with E-state index in [4.69, 9.17) is 16.3 Å². The van der Waals surface area contributed by atoms with Crippen molar-refractivity contribution in [3.63, 3.8) is 0 Å². The monoisotopic (exact) mass is 329 g/mol. The summed E-state index contributed by atoms with van der Waals surface area (Å²) in [5, 5.41) is 0.505. The fourth-order valence-electron chi connectivity index (χ4n) is 1.76. The highest BCUT2D eigenvalue weighted by molar-refractivity contribution is 7.92. The summed E-state index contributed by atoms with van der Waals surface area (Å²) in [6.07, 6.45) is 0. The lowest BCUT2D eigenvalue weighted by Crippen LogP contribution is -2.14. The van der Waals surface area contributed by atoms with E-state index in [1.54, 1.807) is 25.1 Å². The molecule has 0 unspecified atom stereocenters. The van der Waals surface area contributed by atoms with Crippen molar-refractivity contribution in [3.05, 3.63) is 52.8 Å². The smallest absolute Gasteiger partial charge is 0.262 e. The van der Waals surface area contributed by atoms with Gasteiger partial charge in [0.15, 0.2) is 11.6 Å². The highest BCUT2D eigenvalue weighted by Gasteiger charge is 2.17. The van der Waals surface area contributed by atoms with E-state index in [1.165, 1.54) is 19.2 Å². The van der Waals surface area contributed by atoms with Crippen LogP contribution < -0.4 is 9.46 Å². The molecular weight excluding hydrogens is 317 g/mol. The molecule has 0 saturated heterocycles. The van der Waals surface area contributed by atoms with Gasteiger partial charge < -0.3 is 4.74 Å². The number of sulfonamides is 1. The number of nitrogens with one attached hydrogen (secondary N) is 1. The lowest BCUT2D eigenvalue weighted by atomic mass is 10.2. The Kier molecular flexibility index (Phi) is 4.39. The Labute approximate surface area is 127 Å². The molecule has 7 heteroatoms. The fraction of sp³-hybridized carbons (Fsp3) is 0.143. The molecule has 0 aliphatic heterocycles. The third-order valence-corrected chi connectivity index (χ3v) is 4.46. The lowest BCUT2D eigenvalue weighted by Gasteiger charge is -2.11. The van der Waals surface area contributed by atoms with Gasteiger partial charge in [0.05, 0.1) is 17.7 Å². The van der Waals surface area contributed by atoms with Gasteiger partial charge in [-0.15, -0.1) is 0 Å². The third kappa shape index (κ3) is 3.46. The van der Waals surface area contributed by atoms with Crippen LogP contribution in [0.25, 0.3) is 0 Å². The summed E-state index contributed by atoms with van der Waals surface area (Å²) in [5.74, 6) is -0.759. The molecule has 0 heterocycles. The summed E-state index contributed by atoms with van der Waals surface area (Å²) in [4.78, 5) is -0.185. The molecule has 2 aromatic carbocycles. The zero-order valence-electron chi connectivity index (χ0n) is 11.4.